The number of halogens is 2. The van der Waals surface area contributed by atoms with E-state index in [0.717, 1.165) is 0 Å². The lowest BCUT2D eigenvalue weighted by Gasteiger charge is -2.38. The van der Waals surface area contributed by atoms with E-state index in [0.29, 0.717) is 5.56 Å². The molecular formula is C14H18ClFN2O4. The van der Waals surface area contributed by atoms with Gasteiger partial charge >= 0.3 is 6.09 Å². The van der Waals surface area contributed by atoms with Crippen LogP contribution < -0.4 is 5.73 Å². The summed E-state index contributed by atoms with van der Waals surface area (Å²) in [5.74, 6) is -0.580. The normalized spacial score (nSPS) is 25.8. The molecule has 6 nitrogen and oxygen atoms in total. The Labute approximate surface area is 132 Å². The lowest BCUT2D eigenvalue weighted by molar-refractivity contribution is -0.116. The van der Waals surface area contributed by atoms with Crippen molar-refractivity contribution < 1.29 is 23.8 Å². The average Bonchev–Trinajstić information content (AvgIpc) is 2.70. The van der Waals surface area contributed by atoms with E-state index in [2.05, 4.69) is 0 Å². The van der Waals surface area contributed by atoms with Gasteiger partial charge in [-0.1, -0.05) is 17.7 Å². The first-order valence-electron chi connectivity index (χ1n) is 6.73. The molecule has 1 aromatic rings. The Bertz CT molecular complexity index is 554. The van der Waals surface area contributed by atoms with E-state index in [4.69, 9.17) is 26.8 Å². The summed E-state index contributed by atoms with van der Waals surface area (Å²) in [5.41, 5.74) is 5.23. The van der Waals surface area contributed by atoms with Crippen LogP contribution in [0.4, 0.5) is 9.18 Å². The number of hydrogen-bond donors (Lipinski definition) is 2. The van der Waals surface area contributed by atoms with Crippen molar-refractivity contribution in [3.8, 4) is 0 Å². The topological polar surface area (TPSA) is 85.0 Å². The highest BCUT2D eigenvalue weighted by Gasteiger charge is 2.44. The maximum atomic E-state index is 13.7. The van der Waals surface area contributed by atoms with E-state index < -0.39 is 23.6 Å². The molecule has 1 saturated heterocycles. The molecule has 0 saturated carbocycles. The van der Waals surface area contributed by atoms with Crippen LogP contribution in [0, 0.1) is 5.82 Å². The van der Waals surface area contributed by atoms with Crippen molar-refractivity contribution in [1.29, 1.82) is 0 Å². The van der Waals surface area contributed by atoms with Gasteiger partial charge in [-0.05, 0) is 17.7 Å². The van der Waals surface area contributed by atoms with E-state index in [1.165, 1.54) is 24.1 Å². The summed E-state index contributed by atoms with van der Waals surface area (Å²) >= 11 is 5.70. The Morgan fingerprint density at radius 3 is 2.95 bits per heavy atom. The van der Waals surface area contributed by atoms with Crippen molar-refractivity contribution in [2.24, 2.45) is 5.73 Å². The van der Waals surface area contributed by atoms with Crippen molar-refractivity contribution in [1.82, 2.24) is 4.90 Å². The molecule has 2 atom stereocenters. The summed E-state index contributed by atoms with van der Waals surface area (Å²) in [6.07, 6.45) is -1.78. The van der Waals surface area contributed by atoms with Crippen LogP contribution in [-0.2, 0) is 9.47 Å². The predicted octanol–water partition coefficient (Wildman–Crippen LogP) is 1.87. The molecule has 3 N–H and O–H groups in total. The molecule has 0 aromatic heterocycles. The van der Waals surface area contributed by atoms with Crippen molar-refractivity contribution in [2.45, 2.75) is 11.7 Å². The number of nitrogens with zero attached hydrogens (tertiary/aromatic N) is 1. The van der Waals surface area contributed by atoms with E-state index in [1.807, 2.05) is 0 Å². The van der Waals surface area contributed by atoms with E-state index in [9.17, 15) is 14.3 Å². The van der Waals surface area contributed by atoms with Gasteiger partial charge < -0.3 is 25.2 Å². The molecule has 0 radical (unpaired) electrons. The molecule has 8 heteroatoms. The van der Waals surface area contributed by atoms with Crippen LogP contribution in [0.5, 0.6) is 0 Å². The van der Waals surface area contributed by atoms with Gasteiger partial charge in [0.1, 0.15) is 17.5 Å². The van der Waals surface area contributed by atoms with Crippen LogP contribution in [0.2, 0.25) is 5.02 Å². The van der Waals surface area contributed by atoms with Crippen molar-refractivity contribution >= 4 is 17.7 Å². The number of rotatable bonds is 3. The summed E-state index contributed by atoms with van der Waals surface area (Å²) < 4.78 is 25.0. The second-order valence-corrected chi connectivity index (χ2v) is 5.51. The minimum absolute atomic E-state index is 0.000278. The molecule has 2 rings (SSSR count). The maximum absolute atomic E-state index is 13.7. The molecule has 1 fully saturated rings. The highest BCUT2D eigenvalue weighted by molar-refractivity contribution is 6.30. The fraction of sp³-hybridized carbons (Fsp3) is 0.500. The third-order valence-corrected chi connectivity index (χ3v) is 4.16. The van der Waals surface area contributed by atoms with Crippen LogP contribution in [0.1, 0.15) is 11.7 Å². The first kappa shape index (κ1) is 17.0. The van der Waals surface area contributed by atoms with Gasteiger partial charge in [0.25, 0.3) is 0 Å². The van der Waals surface area contributed by atoms with Crippen molar-refractivity contribution in [3.05, 3.63) is 34.6 Å². The SMILES string of the molecule is COC1(CN)CN(C(=O)O)CCOC1c1ccc(Cl)c(F)c1. The minimum atomic E-state index is -1.10. The number of ether oxygens (including phenoxy) is 2. The van der Waals surface area contributed by atoms with Gasteiger partial charge in [-0.15, -0.1) is 0 Å². The molecule has 0 bridgehead atoms. The Balaban J connectivity index is 2.42. The fourth-order valence-electron chi connectivity index (χ4n) is 2.58. The maximum Gasteiger partial charge on any atom is 0.407 e. The van der Waals surface area contributed by atoms with Gasteiger partial charge in [0, 0.05) is 20.2 Å². The fourth-order valence-corrected chi connectivity index (χ4v) is 2.70. The average molecular weight is 333 g/mol. The first-order chi connectivity index (χ1) is 10.4. The van der Waals surface area contributed by atoms with Crippen LogP contribution in [0.15, 0.2) is 18.2 Å². The van der Waals surface area contributed by atoms with Gasteiger partial charge in [0.2, 0.25) is 0 Å². The summed E-state index contributed by atoms with van der Waals surface area (Å²) in [6, 6.07) is 4.30. The van der Waals surface area contributed by atoms with Crippen molar-refractivity contribution in [2.75, 3.05) is 33.4 Å². The van der Waals surface area contributed by atoms with E-state index in [1.54, 1.807) is 6.07 Å². The molecule has 1 aliphatic heterocycles. The summed E-state index contributed by atoms with van der Waals surface area (Å²) in [7, 11) is 1.43. The summed E-state index contributed by atoms with van der Waals surface area (Å²) in [6.45, 7) is 0.395. The van der Waals surface area contributed by atoms with Gasteiger partial charge in [0.15, 0.2) is 0 Å². The Morgan fingerprint density at radius 2 is 2.41 bits per heavy atom. The van der Waals surface area contributed by atoms with Crippen LogP contribution in [-0.4, -0.2) is 55.1 Å². The number of methoxy groups -OCH3 is 1. The molecule has 1 aliphatic rings. The quantitative estimate of drug-likeness (QED) is 0.882. The lowest BCUT2D eigenvalue weighted by Crippen LogP contribution is -2.53. The van der Waals surface area contributed by atoms with E-state index >= 15 is 0 Å². The molecule has 1 heterocycles. The number of amides is 1. The highest BCUT2D eigenvalue weighted by atomic mass is 35.5. The second-order valence-electron chi connectivity index (χ2n) is 5.10. The van der Waals surface area contributed by atoms with Crippen LogP contribution in [0.25, 0.3) is 0 Å². The zero-order valence-electron chi connectivity index (χ0n) is 12.1. The monoisotopic (exact) mass is 332 g/mol. The van der Waals surface area contributed by atoms with Crippen molar-refractivity contribution in [3.63, 3.8) is 0 Å². The molecule has 122 valence electrons. The zero-order valence-corrected chi connectivity index (χ0v) is 12.8. The molecule has 2 unspecified atom stereocenters. The van der Waals surface area contributed by atoms with Gasteiger partial charge in [-0.25, -0.2) is 9.18 Å². The van der Waals surface area contributed by atoms with Gasteiger partial charge in [-0.2, -0.15) is 0 Å². The first-order valence-corrected chi connectivity index (χ1v) is 7.11. The third kappa shape index (κ3) is 3.17. The Hall–Kier alpha value is -1.41. The molecular weight excluding hydrogens is 315 g/mol. The smallest absolute Gasteiger partial charge is 0.407 e. The standard InChI is InChI=1S/C14H18ClFN2O4/c1-21-14(7-17)8-18(13(19)20)4-5-22-12(14)9-2-3-10(15)11(16)6-9/h2-3,6,12H,4-5,7-8,17H2,1H3,(H,19,20). The minimum Gasteiger partial charge on any atom is -0.465 e. The van der Waals surface area contributed by atoms with E-state index in [-0.39, 0.29) is 31.3 Å². The number of hydrogen-bond acceptors (Lipinski definition) is 4. The van der Waals surface area contributed by atoms with Crippen LogP contribution >= 0.6 is 11.6 Å². The summed E-state index contributed by atoms with van der Waals surface area (Å²) in [4.78, 5) is 12.4. The molecule has 22 heavy (non-hydrogen) atoms. The Kier molecular flexibility index (Phi) is 5.23. The van der Waals surface area contributed by atoms with Crippen LogP contribution in [0.3, 0.4) is 0 Å². The molecule has 1 aromatic carbocycles. The largest absolute Gasteiger partial charge is 0.465 e. The predicted molar refractivity (Wildman–Crippen MR) is 78.5 cm³/mol. The number of carbonyl (C=O) groups is 1. The molecule has 0 aliphatic carbocycles. The number of benzene rings is 1. The number of nitrogens with two attached hydrogens (primary N) is 1. The lowest BCUT2D eigenvalue weighted by atomic mass is 9.90. The molecule has 0 spiro atoms. The second kappa shape index (κ2) is 6.78. The highest BCUT2D eigenvalue weighted by Crippen LogP contribution is 2.35. The Morgan fingerprint density at radius 1 is 1.68 bits per heavy atom. The van der Waals surface area contributed by atoms with Gasteiger partial charge in [0.05, 0.1) is 18.2 Å². The summed E-state index contributed by atoms with van der Waals surface area (Å²) in [5, 5.41) is 9.22. The third-order valence-electron chi connectivity index (χ3n) is 3.85. The zero-order chi connectivity index (χ0) is 16.3. The molecule has 1 amide bonds. The number of carboxylic acid groups (broad SMARTS) is 1. The van der Waals surface area contributed by atoms with Gasteiger partial charge in [-0.3, -0.25) is 0 Å².